The van der Waals surface area contributed by atoms with Gasteiger partial charge in [-0.25, -0.2) is 23.8 Å². The fraction of sp³-hybridized carbons (Fsp3) is 0.296. The van der Waals surface area contributed by atoms with Crippen molar-refractivity contribution in [1.82, 2.24) is 34.5 Å². The summed E-state index contributed by atoms with van der Waals surface area (Å²) in [5.74, 6) is 0.557. The van der Waals surface area contributed by atoms with Crippen molar-refractivity contribution in [1.29, 1.82) is 0 Å². The number of aromatic carboxylic acids is 1. The Morgan fingerprint density at radius 2 is 1.05 bits per heavy atom. The lowest BCUT2D eigenvalue weighted by molar-refractivity contribution is 0.0693. The van der Waals surface area contributed by atoms with Crippen LogP contribution in [0.4, 0.5) is 0 Å². The molecule has 10 rings (SSSR count). The van der Waals surface area contributed by atoms with E-state index in [9.17, 15) is 14.7 Å². The van der Waals surface area contributed by atoms with E-state index in [1.807, 2.05) is 95.3 Å². The van der Waals surface area contributed by atoms with Crippen LogP contribution in [0.25, 0.3) is 33.8 Å². The molecule has 0 unspecified atom stereocenters. The molecule has 2 aliphatic rings. The molecule has 4 N–H and O–H groups in total. The summed E-state index contributed by atoms with van der Waals surface area (Å²) in [6.45, 7) is 17.1. The molecule has 13 nitrogen and oxygen atoms in total. The largest absolute Gasteiger partial charge is 0.493 e. The number of carbonyl (C=O) groups is 2. The molecule has 0 aliphatic carbocycles. The number of carboxylic acids is 1. The fourth-order valence-electron chi connectivity index (χ4n) is 9.14. The van der Waals surface area contributed by atoms with Crippen LogP contribution in [0.2, 0.25) is 20.1 Å². The second-order valence-corrected chi connectivity index (χ2v) is 21.3. The van der Waals surface area contributed by atoms with Crippen LogP contribution in [0.15, 0.2) is 97.3 Å². The zero-order valence-corrected chi connectivity index (χ0v) is 46.6. The predicted octanol–water partition coefficient (Wildman–Crippen LogP) is 13.3. The Kier molecular flexibility index (Phi) is 17.8. The maximum atomic E-state index is 13.6. The monoisotopic (exact) mass is 1100 g/mol. The van der Waals surface area contributed by atoms with Gasteiger partial charge in [-0.05, 0) is 73.2 Å². The molecule has 0 saturated heterocycles. The van der Waals surface area contributed by atoms with E-state index < -0.39 is 11.4 Å². The summed E-state index contributed by atoms with van der Waals surface area (Å²) >= 11 is 24.8. The number of fused-ring (bicyclic) bond motifs is 4. The molecule has 73 heavy (non-hydrogen) atoms. The number of amides is 1. The molecule has 0 fully saturated rings. The number of halogens is 4. The second kappa shape index (κ2) is 22.9. The topological polar surface area (TPSA) is 171 Å². The summed E-state index contributed by atoms with van der Waals surface area (Å²) < 4.78 is 14.6. The van der Waals surface area contributed by atoms with Gasteiger partial charge in [0, 0.05) is 72.4 Å². The highest BCUT2D eigenvalue weighted by molar-refractivity contribution is 7.59. The second-order valence-electron chi connectivity index (χ2n) is 19.5. The standard InChI is InChI=1S/C27H26Cl2N4O2.C18H17Cl2N3O2.C9H11NO.2H2S/c1-15-24(16-11-17(28)13-18(29)12-16)33-25(31-15)23(27(2,3)4)20(14-30-33)26(34)32-21-9-10-35-22-8-6-5-7-19(21)22;1-9-15(10-5-11(19)7-12(20)6-10)23-16(22-9)14(18(2,3)4)13(8-21-23)17(24)25;10-8-5-6-11-9-4-2-1-3-7(8)9;;/h5-8,11-14,21H,9-10H2,1-4H3,(H,32,34);5-8H,1-4H3,(H,24,25);1-4,8H,5-6,10H2;2*1H2/t21-;;8-;;/m0.0../s1. The normalized spacial score (nSPS) is 14.9. The van der Waals surface area contributed by atoms with Crippen LogP contribution in [0.1, 0.15) is 121 Å². The molecule has 4 aromatic heterocycles. The van der Waals surface area contributed by atoms with Gasteiger partial charge in [0.2, 0.25) is 0 Å². The number of para-hydroxylation sites is 2. The number of benzene rings is 4. The Bertz CT molecular complexity index is 3310. The number of imidazole rings is 2. The number of nitrogens with two attached hydrogens (primary N) is 1. The van der Waals surface area contributed by atoms with Crippen LogP contribution in [0.5, 0.6) is 11.5 Å². The van der Waals surface area contributed by atoms with E-state index in [0.29, 0.717) is 55.5 Å². The Hall–Kier alpha value is -5.52. The number of carbonyl (C=O) groups excluding carboxylic acids is 1. The summed E-state index contributed by atoms with van der Waals surface area (Å²) in [6, 6.07) is 26.4. The van der Waals surface area contributed by atoms with Crippen molar-refractivity contribution in [2.75, 3.05) is 13.2 Å². The third-order valence-electron chi connectivity index (χ3n) is 12.2. The average molecular weight is 1110 g/mol. The van der Waals surface area contributed by atoms with Gasteiger partial charge in [-0.3, -0.25) is 4.79 Å². The first-order valence-corrected chi connectivity index (χ1v) is 24.6. The number of hydrogen-bond acceptors (Lipinski definition) is 9. The smallest absolute Gasteiger partial charge is 0.337 e. The number of nitrogens with zero attached hydrogens (tertiary/aromatic N) is 6. The molecular formula is C54H58Cl4N8O5S2. The molecule has 2 atom stereocenters. The molecular weight excluding hydrogens is 1050 g/mol. The van der Waals surface area contributed by atoms with Gasteiger partial charge in [0.25, 0.3) is 5.91 Å². The van der Waals surface area contributed by atoms with Crippen LogP contribution >= 0.6 is 73.4 Å². The minimum atomic E-state index is -1.02. The lowest BCUT2D eigenvalue weighted by Crippen LogP contribution is -2.34. The van der Waals surface area contributed by atoms with E-state index in [1.54, 1.807) is 39.5 Å². The molecule has 0 bridgehead atoms. The Labute approximate surface area is 458 Å². The van der Waals surface area contributed by atoms with Gasteiger partial charge in [-0.15, -0.1) is 0 Å². The summed E-state index contributed by atoms with van der Waals surface area (Å²) in [5.41, 5.74) is 15.1. The molecule has 8 aromatic rings. The molecule has 384 valence electrons. The first-order chi connectivity index (χ1) is 33.6. The highest BCUT2D eigenvalue weighted by atomic mass is 35.5. The van der Waals surface area contributed by atoms with Crippen LogP contribution in [0, 0.1) is 13.8 Å². The quantitative estimate of drug-likeness (QED) is 0.151. The number of aromatic nitrogens is 6. The molecule has 0 saturated carbocycles. The van der Waals surface area contributed by atoms with Crippen LogP contribution < -0.4 is 20.5 Å². The SMILES string of the molecule is Cc1nc2c(C(C)(C)C)c(C(=O)N[C@H]3CCOc4ccccc43)cnn2c1-c1cc(Cl)cc(Cl)c1.Cc1nc2c(C(C)(C)C)c(C(=O)O)cnn2c1-c1cc(Cl)cc(Cl)c1.N[C@H]1CCOc2ccccc21.S.S. The van der Waals surface area contributed by atoms with E-state index in [4.69, 9.17) is 66.6 Å². The Morgan fingerprint density at radius 1 is 0.644 bits per heavy atom. The third-order valence-corrected chi connectivity index (χ3v) is 13.0. The first-order valence-electron chi connectivity index (χ1n) is 23.0. The van der Waals surface area contributed by atoms with Crippen LogP contribution in [-0.4, -0.2) is 59.4 Å². The molecule has 19 heteroatoms. The van der Waals surface area contributed by atoms with Crippen molar-refractivity contribution < 1.29 is 24.2 Å². The summed E-state index contributed by atoms with van der Waals surface area (Å²) in [6.07, 6.45) is 4.63. The molecule has 0 spiro atoms. The molecule has 2 aliphatic heterocycles. The number of hydrogen-bond donors (Lipinski definition) is 3. The molecule has 1 amide bonds. The summed E-state index contributed by atoms with van der Waals surface area (Å²) in [5, 5.41) is 23.8. The van der Waals surface area contributed by atoms with Crippen LogP contribution in [-0.2, 0) is 10.8 Å². The van der Waals surface area contributed by atoms with Crippen molar-refractivity contribution >= 4 is 96.6 Å². The van der Waals surface area contributed by atoms with Gasteiger partial charge in [0.15, 0.2) is 11.3 Å². The minimum Gasteiger partial charge on any atom is -0.493 e. The number of carboxylic acid groups (broad SMARTS) is 1. The third kappa shape index (κ3) is 12.2. The highest BCUT2D eigenvalue weighted by Crippen LogP contribution is 2.38. The minimum absolute atomic E-state index is 0. The van der Waals surface area contributed by atoms with Crippen LogP contribution in [0.3, 0.4) is 0 Å². The maximum Gasteiger partial charge on any atom is 0.337 e. The van der Waals surface area contributed by atoms with Crippen molar-refractivity contribution in [2.24, 2.45) is 5.73 Å². The fourth-order valence-corrected chi connectivity index (χ4v) is 10.2. The van der Waals surface area contributed by atoms with E-state index in [-0.39, 0.29) is 56.0 Å². The van der Waals surface area contributed by atoms with Crippen molar-refractivity contribution in [3.63, 3.8) is 0 Å². The summed E-state index contributed by atoms with van der Waals surface area (Å²) in [4.78, 5) is 34.7. The highest BCUT2D eigenvalue weighted by Gasteiger charge is 2.32. The van der Waals surface area contributed by atoms with Gasteiger partial charge >= 0.3 is 5.97 Å². The van der Waals surface area contributed by atoms with E-state index >= 15 is 0 Å². The van der Waals surface area contributed by atoms with Crippen molar-refractivity contribution in [3.8, 4) is 34.0 Å². The Morgan fingerprint density at radius 3 is 1.51 bits per heavy atom. The van der Waals surface area contributed by atoms with E-state index in [2.05, 4.69) is 41.3 Å². The number of nitrogens with one attached hydrogen (secondary N) is 1. The van der Waals surface area contributed by atoms with E-state index in [0.717, 1.165) is 75.1 Å². The molecule has 6 heterocycles. The Balaban J connectivity index is 0.000000199. The number of ether oxygens (including phenoxy) is 2. The lowest BCUT2D eigenvalue weighted by Gasteiger charge is -2.28. The zero-order chi connectivity index (χ0) is 51.1. The van der Waals surface area contributed by atoms with Gasteiger partial charge in [0.05, 0.1) is 65.6 Å². The van der Waals surface area contributed by atoms with Gasteiger partial charge < -0.3 is 25.6 Å². The number of aryl methyl sites for hydroxylation is 2. The van der Waals surface area contributed by atoms with Gasteiger partial charge in [-0.2, -0.15) is 37.2 Å². The van der Waals surface area contributed by atoms with E-state index in [1.165, 1.54) is 6.20 Å². The van der Waals surface area contributed by atoms with Crippen molar-refractivity contribution in [2.45, 2.75) is 91.1 Å². The molecule has 4 aromatic carbocycles. The number of rotatable bonds is 5. The van der Waals surface area contributed by atoms with Gasteiger partial charge in [-0.1, -0.05) is 124 Å². The zero-order valence-electron chi connectivity index (χ0n) is 41.6. The first kappa shape index (κ1) is 56.8. The lowest BCUT2D eigenvalue weighted by atomic mass is 9.84. The molecule has 0 radical (unpaired) electrons. The summed E-state index contributed by atoms with van der Waals surface area (Å²) in [7, 11) is 0. The predicted molar refractivity (Wildman–Crippen MR) is 302 cm³/mol. The van der Waals surface area contributed by atoms with Crippen molar-refractivity contribution in [3.05, 3.63) is 162 Å². The van der Waals surface area contributed by atoms with Gasteiger partial charge in [0.1, 0.15) is 11.5 Å². The average Bonchev–Trinajstić information content (AvgIpc) is 3.82. The maximum absolute atomic E-state index is 13.6.